The molecule has 2 rings (SSSR count). The first-order chi connectivity index (χ1) is 9.13. The van der Waals surface area contributed by atoms with Crippen molar-refractivity contribution in [2.45, 2.75) is 20.3 Å². The van der Waals surface area contributed by atoms with Crippen LogP contribution in [0.5, 0.6) is 0 Å². The van der Waals surface area contributed by atoms with Crippen LogP contribution in [-0.4, -0.2) is 16.5 Å². The number of halogens is 2. The fourth-order valence-electron chi connectivity index (χ4n) is 1.74. The average molecular weight is 296 g/mol. The first-order valence-corrected chi connectivity index (χ1v) is 6.97. The van der Waals surface area contributed by atoms with E-state index in [1.807, 2.05) is 19.1 Å². The summed E-state index contributed by atoms with van der Waals surface area (Å²) in [7, 11) is 0. The molecule has 3 nitrogen and oxygen atoms in total. The molecule has 2 aromatic rings. The Bertz CT molecular complexity index is 585. The van der Waals surface area contributed by atoms with E-state index in [-0.39, 0.29) is 0 Å². The second-order valence-electron chi connectivity index (χ2n) is 4.08. The van der Waals surface area contributed by atoms with Gasteiger partial charge < -0.3 is 5.32 Å². The third kappa shape index (κ3) is 3.37. The predicted molar refractivity (Wildman–Crippen MR) is 81.0 cm³/mol. The third-order valence-corrected chi connectivity index (χ3v) is 3.22. The van der Waals surface area contributed by atoms with Gasteiger partial charge in [0.2, 0.25) is 0 Å². The molecule has 19 heavy (non-hydrogen) atoms. The molecule has 0 spiro atoms. The summed E-state index contributed by atoms with van der Waals surface area (Å²) in [5.41, 5.74) is 1.77. The zero-order chi connectivity index (χ0) is 13.8. The summed E-state index contributed by atoms with van der Waals surface area (Å²) in [6.07, 6.45) is 0.846. The molecule has 0 bridgehead atoms. The number of benzene rings is 1. The number of hydrogen-bond acceptors (Lipinski definition) is 3. The molecule has 100 valence electrons. The van der Waals surface area contributed by atoms with Gasteiger partial charge in [-0.1, -0.05) is 30.1 Å². The Hall–Kier alpha value is -1.32. The maximum Gasteiger partial charge on any atom is 0.163 e. The number of aromatic nitrogens is 2. The van der Waals surface area contributed by atoms with E-state index < -0.39 is 0 Å². The minimum Gasteiger partial charge on any atom is -0.370 e. The van der Waals surface area contributed by atoms with Gasteiger partial charge in [-0.05, 0) is 31.5 Å². The smallest absolute Gasteiger partial charge is 0.163 e. The van der Waals surface area contributed by atoms with E-state index in [0.29, 0.717) is 15.9 Å². The molecule has 1 aromatic heterocycles. The summed E-state index contributed by atoms with van der Waals surface area (Å²) < 4.78 is 0. The van der Waals surface area contributed by atoms with Gasteiger partial charge in [-0.15, -0.1) is 0 Å². The number of hydrogen-bond donors (Lipinski definition) is 1. The Morgan fingerprint density at radius 2 is 1.89 bits per heavy atom. The number of anilines is 1. The minimum absolute atomic E-state index is 0.559. The van der Waals surface area contributed by atoms with Crippen molar-refractivity contribution in [1.82, 2.24) is 9.97 Å². The number of nitrogens with one attached hydrogen (secondary N) is 1. The van der Waals surface area contributed by atoms with Crippen molar-refractivity contribution >= 4 is 29.0 Å². The van der Waals surface area contributed by atoms with Crippen LogP contribution < -0.4 is 5.32 Å². The largest absolute Gasteiger partial charge is 0.370 e. The summed E-state index contributed by atoms with van der Waals surface area (Å²) in [6.45, 7) is 4.90. The maximum atomic E-state index is 6.20. The first-order valence-electron chi connectivity index (χ1n) is 6.21. The first kappa shape index (κ1) is 14.1. The van der Waals surface area contributed by atoms with Gasteiger partial charge in [0.15, 0.2) is 5.82 Å². The van der Waals surface area contributed by atoms with Crippen LogP contribution in [-0.2, 0) is 6.42 Å². The zero-order valence-electron chi connectivity index (χ0n) is 10.9. The Morgan fingerprint density at radius 3 is 2.53 bits per heavy atom. The molecule has 0 saturated carbocycles. The van der Waals surface area contributed by atoms with Crippen molar-refractivity contribution in [3.05, 3.63) is 40.0 Å². The second-order valence-corrected chi connectivity index (χ2v) is 4.92. The van der Waals surface area contributed by atoms with E-state index in [1.54, 1.807) is 12.1 Å². The van der Waals surface area contributed by atoms with Gasteiger partial charge in [0.1, 0.15) is 5.82 Å². The van der Waals surface area contributed by atoms with Gasteiger partial charge in [-0.2, -0.15) is 0 Å². The average Bonchev–Trinajstić information content (AvgIpc) is 2.38. The number of nitrogens with zero attached hydrogens (tertiary/aromatic N) is 2. The highest BCUT2D eigenvalue weighted by molar-refractivity contribution is 6.36. The minimum atomic E-state index is 0.559. The van der Waals surface area contributed by atoms with Crippen LogP contribution in [0.3, 0.4) is 0 Å². The highest BCUT2D eigenvalue weighted by Crippen LogP contribution is 2.29. The van der Waals surface area contributed by atoms with Crippen LogP contribution in [0.25, 0.3) is 11.4 Å². The lowest BCUT2D eigenvalue weighted by molar-refractivity contribution is 0.998. The molecule has 0 saturated heterocycles. The van der Waals surface area contributed by atoms with Gasteiger partial charge in [-0.3, -0.25) is 0 Å². The molecule has 5 heteroatoms. The van der Waals surface area contributed by atoms with Gasteiger partial charge in [0, 0.05) is 28.9 Å². The molecular weight excluding hydrogens is 281 g/mol. The van der Waals surface area contributed by atoms with Gasteiger partial charge >= 0.3 is 0 Å². The summed E-state index contributed by atoms with van der Waals surface area (Å²) in [4.78, 5) is 9.00. The third-order valence-electron chi connectivity index (χ3n) is 2.67. The lowest BCUT2D eigenvalue weighted by Gasteiger charge is -2.09. The Kier molecular flexibility index (Phi) is 4.61. The fraction of sp³-hybridized carbons (Fsp3) is 0.286. The highest BCUT2D eigenvalue weighted by atomic mass is 35.5. The molecule has 0 amide bonds. The van der Waals surface area contributed by atoms with Crippen molar-refractivity contribution in [3.63, 3.8) is 0 Å². The van der Waals surface area contributed by atoms with Crippen LogP contribution >= 0.6 is 23.2 Å². The van der Waals surface area contributed by atoms with E-state index >= 15 is 0 Å². The van der Waals surface area contributed by atoms with Crippen molar-refractivity contribution in [1.29, 1.82) is 0 Å². The van der Waals surface area contributed by atoms with E-state index in [2.05, 4.69) is 22.2 Å². The predicted octanol–water partition coefficient (Wildman–Crippen LogP) is 4.44. The Labute approximate surface area is 123 Å². The number of rotatable bonds is 4. The molecule has 0 fully saturated rings. The molecule has 1 N–H and O–H groups in total. The number of aryl methyl sites for hydroxylation is 1. The molecule has 0 radical (unpaired) electrons. The van der Waals surface area contributed by atoms with Gasteiger partial charge in [0.05, 0.1) is 5.02 Å². The van der Waals surface area contributed by atoms with E-state index in [4.69, 9.17) is 23.2 Å². The van der Waals surface area contributed by atoms with Gasteiger partial charge in [-0.25, -0.2) is 9.97 Å². The molecule has 0 aliphatic carbocycles. The summed E-state index contributed by atoms with van der Waals surface area (Å²) in [5.74, 6) is 1.44. The zero-order valence-corrected chi connectivity index (χ0v) is 12.4. The maximum absolute atomic E-state index is 6.20. The van der Waals surface area contributed by atoms with Crippen LogP contribution in [0.4, 0.5) is 5.82 Å². The molecule has 1 heterocycles. The summed E-state index contributed by atoms with van der Waals surface area (Å²) in [6, 6.07) is 7.29. The molecule has 0 atom stereocenters. The highest BCUT2D eigenvalue weighted by Gasteiger charge is 2.10. The second kappa shape index (κ2) is 6.22. The lowest BCUT2D eigenvalue weighted by Crippen LogP contribution is -2.03. The van der Waals surface area contributed by atoms with Crippen molar-refractivity contribution in [3.8, 4) is 11.4 Å². The topological polar surface area (TPSA) is 37.8 Å². The Morgan fingerprint density at radius 1 is 1.11 bits per heavy atom. The molecule has 0 aliphatic rings. The monoisotopic (exact) mass is 295 g/mol. The van der Waals surface area contributed by atoms with E-state index in [1.165, 1.54) is 0 Å². The lowest BCUT2D eigenvalue weighted by atomic mass is 10.2. The molecule has 0 unspecified atom stereocenters. The van der Waals surface area contributed by atoms with Crippen molar-refractivity contribution in [2.75, 3.05) is 11.9 Å². The molecular formula is C14H15Cl2N3. The molecule has 0 aliphatic heterocycles. The van der Waals surface area contributed by atoms with Crippen molar-refractivity contribution in [2.24, 2.45) is 0 Å². The standard InChI is InChI=1S/C14H15Cl2N3/c1-3-10-8-13(17-4-2)19-14(18-10)11-6-5-9(15)7-12(11)16/h5-8H,3-4H2,1-2H3,(H,17,18,19). The SMILES string of the molecule is CCNc1cc(CC)nc(-c2ccc(Cl)cc2Cl)n1. The normalized spacial score (nSPS) is 10.5. The molecule has 1 aromatic carbocycles. The summed E-state index contributed by atoms with van der Waals surface area (Å²) in [5, 5.41) is 4.37. The Balaban J connectivity index is 2.51. The van der Waals surface area contributed by atoms with Crippen LogP contribution in [0.2, 0.25) is 10.0 Å². The van der Waals surface area contributed by atoms with Crippen LogP contribution in [0.15, 0.2) is 24.3 Å². The summed E-state index contributed by atoms with van der Waals surface area (Å²) >= 11 is 12.1. The quantitative estimate of drug-likeness (QED) is 0.906. The van der Waals surface area contributed by atoms with Gasteiger partial charge in [0.25, 0.3) is 0 Å². The van der Waals surface area contributed by atoms with E-state index in [9.17, 15) is 0 Å². The van der Waals surface area contributed by atoms with Crippen LogP contribution in [0, 0.1) is 0 Å². The van der Waals surface area contributed by atoms with Crippen molar-refractivity contribution < 1.29 is 0 Å². The van der Waals surface area contributed by atoms with Crippen LogP contribution in [0.1, 0.15) is 19.5 Å². The fourth-order valence-corrected chi connectivity index (χ4v) is 2.23. The van der Waals surface area contributed by atoms with E-state index in [0.717, 1.165) is 30.0 Å².